The third kappa shape index (κ3) is 2.08. The first-order valence-electron chi connectivity index (χ1n) is 7.21. The Morgan fingerprint density at radius 2 is 2.14 bits per heavy atom. The molecule has 2 bridgehead atoms. The lowest BCUT2D eigenvalue weighted by molar-refractivity contribution is 0.0300. The number of nitrogens with zero attached hydrogens (tertiary/aromatic N) is 1. The van der Waals surface area contributed by atoms with Crippen molar-refractivity contribution in [3.05, 3.63) is 10.0 Å². The van der Waals surface area contributed by atoms with Crippen molar-refractivity contribution in [3.8, 4) is 5.19 Å². The quantitative estimate of drug-likeness (QED) is 0.781. The normalized spacial score (nSPS) is 33.2. The predicted molar refractivity (Wildman–Crippen MR) is 82.1 cm³/mol. The van der Waals surface area contributed by atoms with Crippen LogP contribution < -0.4 is 4.74 Å². The Labute approximate surface area is 133 Å². The Hall–Kier alpha value is -0.810. The van der Waals surface area contributed by atoms with Crippen LogP contribution in [0.1, 0.15) is 49.7 Å². The van der Waals surface area contributed by atoms with Crippen molar-refractivity contribution in [3.63, 3.8) is 0 Å². The monoisotopic (exact) mass is 329 g/mol. The van der Waals surface area contributed by atoms with Gasteiger partial charge in [0.15, 0.2) is 10.0 Å². The summed E-state index contributed by atoms with van der Waals surface area (Å²) >= 11 is 7.16. The van der Waals surface area contributed by atoms with Gasteiger partial charge in [0, 0.05) is 5.41 Å². The second-order valence-electron chi connectivity index (χ2n) is 6.81. The standard InChI is InChI=1S/C15H20ClNO3S/c1-14(2)8-5-6-15(14,3)9(7-8)20-13-17-11(16)10(21-13)12(18)19-4/h8-9H,5-7H2,1-4H3. The summed E-state index contributed by atoms with van der Waals surface area (Å²) in [5.74, 6) is 0.231. The number of ether oxygens (including phenoxy) is 2. The van der Waals surface area contributed by atoms with Gasteiger partial charge >= 0.3 is 5.97 Å². The molecule has 0 spiro atoms. The number of esters is 1. The minimum absolute atomic E-state index is 0.138. The van der Waals surface area contributed by atoms with Gasteiger partial charge in [-0.1, -0.05) is 43.7 Å². The summed E-state index contributed by atoms with van der Waals surface area (Å²) in [5, 5.41) is 0.629. The molecule has 0 radical (unpaired) electrons. The first-order chi connectivity index (χ1) is 9.79. The Morgan fingerprint density at radius 1 is 1.43 bits per heavy atom. The van der Waals surface area contributed by atoms with Gasteiger partial charge in [0.05, 0.1) is 7.11 Å². The molecule has 4 nitrogen and oxygen atoms in total. The Kier molecular flexibility index (Phi) is 3.49. The highest BCUT2D eigenvalue weighted by Gasteiger charge is 2.62. The van der Waals surface area contributed by atoms with E-state index < -0.39 is 5.97 Å². The van der Waals surface area contributed by atoms with E-state index in [1.54, 1.807) is 0 Å². The number of hydrogen-bond donors (Lipinski definition) is 0. The molecule has 1 heterocycles. The van der Waals surface area contributed by atoms with E-state index >= 15 is 0 Å². The molecule has 2 aliphatic rings. The number of aromatic nitrogens is 1. The number of thiazole rings is 1. The van der Waals surface area contributed by atoms with Crippen molar-refractivity contribution in [1.82, 2.24) is 4.98 Å². The Morgan fingerprint density at radius 3 is 2.67 bits per heavy atom. The van der Waals surface area contributed by atoms with Crippen LogP contribution in [0.3, 0.4) is 0 Å². The molecule has 6 heteroatoms. The molecule has 2 saturated carbocycles. The molecule has 3 unspecified atom stereocenters. The molecule has 0 saturated heterocycles. The smallest absolute Gasteiger partial charge is 0.351 e. The molecular weight excluding hydrogens is 310 g/mol. The minimum atomic E-state index is -0.466. The number of rotatable bonds is 3. The van der Waals surface area contributed by atoms with Gasteiger partial charge in [-0.25, -0.2) is 4.79 Å². The molecule has 2 fully saturated rings. The molecular formula is C15H20ClNO3S. The molecule has 21 heavy (non-hydrogen) atoms. The van der Waals surface area contributed by atoms with Gasteiger partial charge in [0.2, 0.25) is 0 Å². The van der Waals surface area contributed by atoms with E-state index in [9.17, 15) is 4.79 Å². The number of hydrogen-bond acceptors (Lipinski definition) is 5. The van der Waals surface area contributed by atoms with Gasteiger partial charge in [-0.05, 0) is 30.6 Å². The highest BCUT2D eigenvalue weighted by Crippen LogP contribution is 2.66. The molecule has 0 aromatic carbocycles. The van der Waals surface area contributed by atoms with Crippen LogP contribution in [0, 0.1) is 16.7 Å². The van der Waals surface area contributed by atoms with E-state index in [1.807, 2.05) is 0 Å². The van der Waals surface area contributed by atoms with Gasteiger partial charge in [0.1, 0.15) is 6.10 Å². The van der Waals surface area contributed by atoms with Gasteiger partial charge < -0.3 is 9.47 Å². The fourth-order valence-electron chi connectivity index (χ4n) is 3.98. The molecule has 1 aromatic rings. The lowest BCUT2D eigenvalue weighted by Crippen LogP contribution is -2.38. The molecule has 0 aliphatic heterocycles. The van der Waals surface area contributed by atoms with E-state index in [2.05, 4.69) is 25.8 Å². The van der Waals surface area contributed by atoms with E-state index in [4.69, 9.17) is 21.1 Å². The van der Waals surface area contributed by atoms with Crippen LogP contribution in [-0.4, -0.2) is 24.2 Å². The van der Waals surface area contributed by atoms with E-state index in [0.29, 0.717) is 16.0 Å². The van der Waals surface area contributed by atoms with Crippen LogP contribution in [0.2, 0.25) is 5.15 Å². The van der Waals surface area contributed by atoms with Crippen molar-refractivity contribution in [2.24, 2.45) is 16.7 Å². The highest BCUT2D eigenvalue weighted by atomic mass is 35.5. The second kappa shape index (κ2) is 4.85. The first kappa shape index (κ1) is 15.1. The molecule has 3 rings (SSSR count). The van der Waals surface area contributed by atoms with E-state index in [0.717, 1.165) is 6.42 Å². The summed E-state index contributed by atoms with van der Waals surface area (Å²) in [6, 6.07) is 0. The lowest BCUT2D eigenvalue weighted by Gasteiger charge is -2.38. The maximum absolute atomic E-state index is 11.6. The average molecular weight is 330 g/mol. The largest absolute Gasteiger partial charge is 0.466 e. The Bertz CT molecular complexity index is 585. The molecule has 0 amide bonds. The third-order valence-corrected chi connectivity index (χ3v) is 7.21. The summed E-state index contributed by atoms with van der Waals surface area (Å²) in [7, 11) is 1.33. The van der Waals surface area contributed by atoms with Crippen molar-refractivity contribution in [2.45, 2.75) is 46.1 Å². The zero-order valence-corrected chi connectivity index (χ0v) is 14.3. The van der Waals surface area contributed by atoms with Crippen LogP contribution in [-0.2, 0) is 4.74 Å². The van der Waals surface area contributed by atoms with Crippen molar-refractivity contribution in [2.75, 3.05) is 7.11 Å². The molecule has 3 atom stereocenters. The topological polar surface area (TPSA) is 48.4 Å². The van der Waals surface area contributed by atoms with Crippen LogP contribution >= 0.6 is 22.9 Å². The maximum atomic E-state index is 11.6. The zero-order chi connectivity index (χ0) is 15.4. The lowest BCUT2D eigenvalue weighted by atomic mass is 9.70. The molecule has 2 aliphatic carbocycles. The van der Waals surface area contributed by atoms with E-state index in [-0.39, 0.29) is 22.1 Å². The van der Waals surface area contributed by atoms with Crippen molar-refractivity contribution >= 4 is 28.9 Å². The van der Waals surface area contributed by atoms with Crippen molar-refractivity contribution in [1.29, 1.82) is 0 Å². The van der Waals surface area contributed by atoms with Gasteiger partial charge in [-0.3, -0.25) is 0 Å². The Balaban J connectivity index is 1.81. The van der Waals surface area contributed by atoms with Crippen LogP contribution in [0.5, 0.6) is 5.19 Å². The van der Waals surface area contributed by atoms with Crippen LogP contribution in [0.15, 0.2) is 0 Å². The number of carbonyl (C=O) groups is 1. The molecule has 0 N–H and O–H groups in total. The number of fused-ring (bicyclic) bond motifs is 2. The average Bonchev–Trinajstić information content (AvgIpc) is 2.96. The zero-order valence-electron chi connectivity index (χ0n) is 12.7. The third-order valence-electron chi connectivity index (χ3n) is 5.89. The fourth-order valence-corrected chi connectivity index (χ4v) is 5.07. The summed E-state index contributed by atoms with van der Waals surface area (Å²) in [4.78, 5) is 16.1. The number of carbonyl (C=O) groups excluding carboxylic acids is 1. The van der Waals surface area contributed by atoms with Crippen LogP contribution in [0.4, 0.5) is 0 Å². The minimum Gasteiger partial charge on any atom is -0.466 e. The van der Waals surface area contributed by atoms with Crippen molar-refractivity contribution < 1.29 is 14.3 Å². The summed E-state index contributed by atoms with van der Waals surface area (Å²) in [6.07, 6.45) is 3.64. The summed E-state index contributed by atoms with van der Waals surface area (Å²) in [5.41, 5.74) is 0.436. The number of halogens is 1. The number of methoxy groups -OCH3 is 1. The van der Waals surface area contributed by atoms with Gasteiger partial charge in [-0.15, -0.1) is 0 Å². The maximum Gasteiger partial charge on any atom is 0.351 e. The SMILES string of the molecule is COC(=O)c1sc(OC2CC3CCC2(C)C3(C)C)nc1Cl. The van der Waals surface area contributed by atoms with Gasteiger partial charge in [-0.2, -0.15) is 4.98 Å². The summed E-state index contributed by atoms with van der Waals surface area (Å²) in [6.45, 7) is 6.98. The molecule has 116 valence electrons. The fraction of sp³-hybridized carbons (Fsp3) is 0.733. The van der Waals surface area contributed by atoms with Gasteiger partial charge in [0.25, 0.3) is 5.19 Å². The summed E-state index contributed by atoms with van der Waals surface area (Å²) < 4.78 is 10.8. The molecule has 1 aromatic heterocycles. The highest BCUT2D eigenvalue weighted by molar-refractivity contribution is 7.15. The predicted octanol–water partition coefficient (Wildman–Crippen LogP) is 4.18. The van der Waals surface area contributed by atoms with E-state index in [1.165, 1.54) is 31.3 Å². The first-order valence-corrected chi connectivity index (χ1v) is 8.40. The second-order valence-corrected chi connectivity index (χ2v) is 8.13. The van der Waals surface area contributed by atoms with Crippen LogP contribution in [0.25, 0.3) is 0 Å².